The van der Waals surface area contributed by atoms with Crippen molar-refractivity contribution in [2.45, 2.75) is 6.42 Å². The fourth-order valence-electron chi connectivity index (χ4n) is 0.942. The van der Waals surface area contributed by atoms with Crippen molar-refractivity contribution in [2.75, 3.05) is 0 Å². The maximum atomic E-state index is 12.6. The summed E-state index contributed by atoms with van der Waals surface area (Å²) < 4.78 is 12.6. The fourth-order valence-corrected chi connectivity index (χ4v) is 0.942. The van der Waals surface area contributed by atoms with E-state index < -0.39 is 10.7 Å². The van der Waals surface area contributed by atoms with Crippen LogP contribution in [0.25, 0.3) is 0 Å². The van der Waals surface area contributed by atoms with Gasteiger partial charge in [0.25, 0.3) is 5.69 Å². The molecule has 0 unspecified atom stereocenters. The van der Waals surface area contributed by atoms with Crippen LogP contribution >= 0.6 is 0 Å². The Morgan fingerprint density at radius 1 is 1.62 bits per heavy atom. The van der Waals surface area contributed by atoms with Crippen LogP contribution in [-0.4, -0.2) is 4.92 Å². The second-order valence-electron chi connectivity index (χ2n) is 2.37. The highest BCUT2D eigenvalue weighted by atomic mass is 19.1. The van der Waals surface area contributed by atoms with Gasteiger partial charge in [0.05, 0.1) is 23.5 Å². The lowest BCUT2D eigenvalue weighted by molar-refractivity contribution is -0.385. The molecule has 0 radical (unpaired) electrons. The van der Waals surface area contributed by atoms with Gasteiger partial charge in [0.1, 0.15) is 5.82 Å². The highest BCUT2D eigenvalue weighted by molar-refractivity contribution is 5.41. The summed E-state index contributed by atoms with van der Waals surface area (Å²) >= 11 is 0. The average Bonchev–Trinajstić information content (AvgIpc) is 2.08. The first kappa shape index (κ1) is 9.13. The molecule has 0 saturated carbocycles. The van der Waals surface area contributed by atoms with Crippen molar-refractivity contribution in [3.8, 4) is 6.07 Å². The van der Waals surface area contributed by atoms with E-state index in [1.807, 2.05) is 0 Å². The van der Waals surface area contributed by atoms with Crippen LogP contribution < -0.4 is 0 Å². The Labute approximate surface area is 73.4 Å². The van der Waals surface area contributed by atoms with Gasteiger partial charge in [-0.3, -0.25) is 10.1 Å². The maximum absolute atomic E-state index is 12.6. The van der Waals surface area contributed by atoms with E-state index in [1.165, 1.54) is 6.07 Å². The Morgan fingerprint density at radius 3 is 2.85 bits per heavy atom. The van der Waals surface area contributed by atoms with E-state index in [0.29, 0.717) is 0 Å². The van der Waals surface area contributed by atoms with E-state index in [9.17, 15) is 14.5 Å². The van der Waals surface area contributed by atoms with Crippen LogP contribution in [0.5, 0.6) is 0 Å². The third kappa shape index (κ3) is 1.99. The van der Waals surface area contributed by atoms with Gasteiger partial charge in [-0.25, -0.2) is 4.39 Å². The van der Waals surface area contributed by atoms with Crippen molar-refractivity contribution < 1.29 is 9.31 Å². The summed E-state index contributed by atoms with van der Waals surface area (Å²) in [6, 6.07) is 4.93. The Bertz CT molecular complexity index is 384. The predicted octanol–water partition coefficient (Wildman–Crippen LogP) is 1.80. The number of rotatable bonds is 2. The number of hydrogen-bond acceptors (Lipinski definition) is 3. The molecule has 0 spiro atoms. The van der Waals surface area contributed by atoms with Gasteiger partial charge in [0.2, 0.25) is 0 Å². The van der Waals surface area contributed by atoms with Crippen LogP contribution in [0.1, 0.15) is 5.56 Å². The summed E-state index contributed by atoms with van der Waals surface area (Å²) in [5, 5.41) is 18.7. The second-order valence-corrected chi connectivity index (χ2v) is 2.37. The molecule has 1 aromatic rings. The standard InChI is InChI=1S/C8H5FN2O2/c9-7-2-1-6(3-4-10)8(5-7)11(12)13/h1-2,5H,3H2. The first-order valence-electron chi connectivity index (χ1n) is 3.45. The van der Waals surface area contributed by atoms with Gasteiger partial charge in [-0.05, 0) is 12.1 Å². The zero-order valence-corrected chi connectivity index (χ0v) is 6.53. The Hall–Kier alpha value is -1.96. The van der Waals surface area contributed by atoms with Gasteiger partial charge in [0.15, 0.2) is 0 Å². The Kier molecular flexibility index (Phi) is 2.55. The molecule has 4 nitrogen and oxygen atoms in total. The third-order valence-corrected chi connectivity index (χ3v) is 1.51. The molecule has 66 valence electrons. The molecule has 0 aromatic heterocycles. The lowest BCUT2D eigenvalue weighted by atomic mass is 10.1. The van der Waals surface area contributed by atoms with E-state index in [-0.39, 0.29) is 17.7 Å². The molecular weight excluding hydrogens is 175 g/mol. The van der Waals surface area contributed by atoms with Crippen molar-refractivity contribution in [1.29, 1.82) is 5.26 Å². The molecule has 0 N–H and O–H groups in total. The van der Waals surface area contributed by atoms with Crippen LogP contribution in [-0.2, 0) is 6.42 Å². The molecule has 0 saturated heterocycles. The summed E-state index contributed by atoms with van der Waals surface area (Å²) in [5.74, 6) is -0.673. The van der Waals surface area contributed by atoms with E-state index in [4.69, 9.17) is 5.26 Å². The highest BCUT2D eigenvalue weighted by Crippen LogP contribution is 2.19. The number of nitro benzene ring substituents is 1. The largest absolute Gasteiger partial charge is 0.276 e. The molecule has 0 fully saturated rings. The summed E-state index contributed by atoms with van der Waals surface area (Å²) in [6.07, 6.45) is -0.0867. The van der Waals surface area contributed by atoms with Crippen LogP contribution in [0.2, 0.25) is 0 Å². The minimum atomic E-state index is -0.699. The first-order chi connectivity index (χ1) is 6.15. The van der Waals surface area contributed by atoms with Crippen molar-refractivity contribution in [1.82, 2.24) is 0 Å². The molecule has 0 bridgehead atoms. The normalized spacial score (nSPS) is 9.23. The summed E-state index contributed by atoms with van der Waals surface area (Å²) in [4.78, 5) is 9.68. The van der Waals surface area contributed by atoms with Gasteiger partial charge in [-0.15, -0.1) is 0 Å². The van der Waals surface area contributed by atoms with Gasteiger partial charge in [-0.2, -0.15) is 5.26 Å². The van der Waals surface area contributed by atoms with Gasteiger partial charge in [-0.1, -0.05) is 0 Å². The number of nitrogens with zero attached hydrogens (tertiary/aromatic N) is 2. The predicted molar refractivity (Wildman–Crippen MR) is 42.4 cm³/mol. The molecule has 0 heterocycles. The van der Waals surface area contributed by atoms with Crippen molar-refractivity contribution in [2.24, 2.45) is 0 Å². The van der Waals surface area contributed by atoms with Gasteiger partial charge < -0.3 is 0 Å². The third-order valence-electron chi connectivity index (χ3n) is 1.51. The molecule has 1 rings (SSSR count). The summed E-state index contributed by atoms with van der Waals surface area (Å²) in [6.45, 7) is 0. The van der Waals surface area contributed by atoms with E-state index in [2.05, 4.69) is 0 Å². The molecule has 0 aliphatic rings. The topological polar surface area (TPSA) is 66.9 Å². The lowest BCUT2D eigenvalue weighted by Crippen LogP contribution is -1.95. The first-order valence-corrected chi connectivity index (χ1v) is 3.45. The zero-order valence-electron chi connectivity index (χ0n) is 6.53. The molecular formula is C8H5FN2O2. The van der Waals surface area contributed by atoms with Gasteiger partial charge in [0, 0.05) is 5.56 Å². The number of hydrogen-bond donors (Lipinski definition) is 0. The second kappa shape index (κ2) is 3.63. The van der Waals surface area contributed by atoms with Crippen molar-refractivity contribution in [3.63, 3.8) is 0 Å². The summed E-state index contributed by atoms with van der Waals surface area (Å²) in [5.41, 5.74) is -0.115. The SMILES string of the molecule is N#CCc1ccc(F)cc1[N+](=O)[O-]. The molecule has 1 aromatic carbocycles. The summed E-state index contributed by atoms with van der Waals surface area (Å²) in [7, 11) is 0. The smallest absolute Gasteiger partial charge is 0.258 e. The molecule has 0 aliphatic heterocycles. The van der Waals surface area contributed by atoms with Crippen LogP contribution in [0.4, 0.5) is 10.1 Å². The molecule has 5 heteroatoms. The van der Waals surface area contributed by atoms with Crippen LogP contribution in [0.15, 0.2) is 18.2 Å². The number of nitro groups is 1. The van der Waals surface area contributed by atoms with Gasteiger partial charge >= 0.3 is 0 Å². The Balaban J connectivity index is 3.20. The number of halogens is 1. The zero-order chi connectivity index (χ0) is 9.84. The lowest BCUT2D eigenvalue weighted by Gasteiger charge is -1.97. The van der Waals surface area contributed by atoms with Crippen molar-refractivity contribution in [3.05, 3.63) is 39.7 Å². The number of nitriles is 1. The quantitative estimate of drug-likeness (QED) is 0.514. The van der Waals surface area contributed by atoms with Crippen LogP contribution in [0, 0.1) is 27.3 Å². The number of benzene rings is 1. The Morgan fingerprint density at radius 2 is 2.31 bits per heavy atom. The van der Waals surface area contributed by atoms with E-state index >= 15 is 0 Å². The maximum Gasteiger partial charge on any atom is 0.276 e. The average molecular weight is 180 g/mol. The highest BCUT2D eigenvalue weighted by Gasteiger charge is 2.13. The monoisotopic (exact) mass is 180 g/mol. The molecule has 0 aliphatic carbocycles. The molecule has 0 amide bonds. The van der Waals surface area contributed by atoms with E-state index in [1.54, 1.807) is 6.07 Å². The van der Waals surface area contributed by atoms with Crippen LogP contribution in [0.3, 0.4) is 0 Å². The fraction of sp³-hybridized carbons (Fsp3) is 0.125. The molecule has 13 heavy (non-hydrogen) atoms. The van der Waals surface area contributed by atoms with E-state index in [0.717, 1.165) is 12.1 Å². The minimum Gasteiger partial charge on any atom is -0.258 e. The minimum absolute atomic E-state index is 0.0867. The van der Waals surface area contributed by atoms with Crippen molar-refractivity contribution >= 4 is 5.69 Å². The molecule has 0 atom stereocenters.